The molecule has 5 nitrogen and oxygen atoms in total. The zero-order valence-electron chi connectivity index (χ0n) is 12.3. The van der Waals surface area contributed by atoms with Crippen LogP contribution in [0.4, 0.5) is 0 Å². The van der Waals surface area contributed by atoms with Gasteiger partial charge < -0.3 is 16.4 Å². The highest BCUT2D eigenvalue weighted by molar-refractivity contribution is 5.85. The summed E-state index contributed by atoms with van der Waals surface area (Å²) in [4.78, 5) is 23.1. The molecule has 2 aliphatic rings. The second-order valence-corrected chi connectivity index (χ2v) is 6.70. The number of halogens is 1. The zero-order valence-corrected chi connectivity index (χ0v) is 13.1. The molecule has 4 N–H and O–H groups in total. The summed E-state index contributed by atoms with van der Waals surface area (Å²) >= 11 is 0. The molecule has 0 spiro atoms. The van der Waals surface area contributed by atoms with Crippen LogP contribution in [0.3, 0.4) is 0 Å². The summed E-state index contributed by atoms with van der Waals surface area (Å²) in [5.74, 6) is 0.142. The Bertz CT molecular complexity index is 361. The molecular formula is C14H26ClN3O2. The minimum Gasteiger partial charge on any atom is -0.369 e. The summed E-state index contributed by atoms with van der Waals surface area (Å²) in [7, 11) is 0. The van der Waals surface area contributed by atoms with Gasteiger partial charge in [-0.1, -0.05) is 0 Å². The Hall–Kier alpha value is -0.810. The van der Waals surface area contributed by atoms with E-state index in [1.807, 2.05) is 0 Å². The maximum absolute atomic E-state index is 11.9. The number of amides is 2. The molecule has 2 fully saturated rings. The molecule has 2 aliphatic heterocycles. The molecule has 20 heavy (non-hydrogen) atoms. The van der Waals surface area contributed by atoms with E-state index >= 15 is 0 Å². The lowest BCUT2D eigenvalue weighted by atomic mass is 9.89. The summed E-state index contributed by atoms with van der Waals surface area (Å²) in [6.07, 6.45) is 5.27. The van der Waals surface area contributed by atoms with Crippen molar-refractivity contribution in [2.75, 3.05) is 6.54 Å². The highest BCUT2D eigenvalue weighted by Gasteiger charge is 2.34. The fourth-order valence-corrected chi connectivity index (χ4v) is 3.08. The van der Waals surface area contributed by atoms with Crippen molar-refractivity contribution in [1.82, 2.24) is 10.6 Å². The SMILES string of the molecule is CC(C)(CNC(=O)CC1CC2CCC(C1)N2)C(N)=O.Cl. The van der Waals surface area contributed by atoms with Crippen LogP contribution in [0.2, 0.25) is 0 Å². The van der Waals surface area contributed by atoms with E-state index in [-0.39, 0.29) is 24.2 Å². The first-order valence-corrected chi connectivity index (χ1v) is 7.19. The van der Waals surface area contributed by atoms with Crippen molar-refractivity contribution < 1.29 is 9.59 Å². The van der Waals surface area contributed by atoms with Gasteiger partial charge in [0, 0.05) is 25.0 Å². The topological polar surface area (TPSA) is 84.2 Å². The number of primary amides is 1. The van der Waals surface area contributed by atoms with Crippen LogP contribution in [0.25, 0.3) is 0 Å². The molecule has 0 radical (unpaired) electrons. The third-order valence-electron chi connectivity index (χ3n) is 4.44. The molecule has 2 atom stereocenters. The Labute approximate surface area is 126 Å². The maximum atomic E-state index is 11.9. The monoisotopic (exact) mass is 303 g/mol. The van der Waals surface area contributed by atoms with Crippen LogP contribution in [0.5, 0.6) is 0 Å². The molecule has 0 aromatic carbocycles. The average molecular weight is 304 g/mol. The highest BCUT2D eigenvalue weighted by atomic mass is 35.5. The maximum Gasteiger partial charge on any atom is 0.224 e. The molecule has 2 unspecified atom stereocenters. The minimum absolute atomic E-state index is 0. The third kappa shape index (κ3) is 4.35. The summed E-state index contributed by atoms with van der Waals surface area (Å²) in [5, 5.41) is 6.41. The molecular weight excluding hydrogens is 278 g/mol. The number of hydrogen-bond donors (Lipinski definition) is 3. The van der Waals surface area contributed by atoms with E-state index in [0.29, 0.717) is 31.0 Å². The van der Waals surface area contributed by atoms with Gasteiger partial charge in [-0.2, -0.15) is 0 Å². The van der Waals surface area contributed by atoms with Gasteiger partial charge in [0.2, 0.25) is 11.8 Å². The van der Waals surface area contributed by atoms with Gasteiger partial charge in [0.05, 0.1) is 5.41 Å². The Morgan fingerprint density at radius 3 is 2.30 bits per heavy atom. The van der Waals surface area contributed by atoms with E-state index in [1.165, 1.54) is 12.8 Å². The van der Waals surface area contributed by atoms with Crippen LogP contribution in [0.1, 0.15) is 46.0 Å². The zero-order chi connectivity index (χ0) is 14.0. The molecule has 2 amide bonds. The van der Waals surface area contributed by atoms with E-state index in [1.54, 1.807) is 13.8 Å². The van der Waals surface area contributed by atoms with E-state index < -0.39 is 5.41 Å². The molecule has 2 heterocycles. The first kappa shape index (κ1) is 17.2. The average Bonchev–Trinajstić information content (AvgIpc) is 2.66. The number of carbonyl (C=O) groups is 2. The molecule has 2 bridgehead atoms. The van der Waals surface area contributed by atoms with Crippen molar-refractivity contribution in [2.24, 2.45) is 17.1 Å². The number of carbonyl (C=O) groups excluding carboxylic acids is 2. The van der Waals surface area contributed by atoms with Crippen LogP contribution in [0, 0.1) is 11.3 Å². The summed E-state index contributed by atoms with van der Waals surface area (Å²) in [6, 6.07) is 1.22. The smallest absolute Gasteiger partial charge is 0.224 e. The lowest BCUT2D eigenvalue weighted by Gasteiger charge is -2.29. The van der Waals surface area contributed by atoms with Crippen molar-refractivity contribution in [3.63, 3.8) is 0 Å². The first-order chi connectivity index (χ1) is 8.87. The number of rotatable bonds is 5. The second kappa shape index (κ2) is 6.76. The van der Waals surface area contributed by atoms with Gasteiger partial charge in [0.1, 0.15) is 0 Å². The normalized spacial score (nSPS) is 28.6. The number of piperidine rings is 1. The number of nitrogens with two attached hydrogens (primary N) is 1. The summed E-state index contributed by atoms with van der Waals surface area (Å²) in [6.45, 7) is 3.82. The van der Waals surface area contributed by atoms with Crippen molar-refractivity contribution >= 4 is 24.2 Å². The van der Waals surface area contributed by atoms with E-state index in [2.05, 4.69) is 10.6 Å². The standard InChI is InChI=1S/C14H25N3O2.ClH/c1-14(2,13(15)19)8-16-12(18)7-9-5-10-3-4-11(6-9)17-10;/h9-11,17H,3-8H2,1-2H3,(H2,15,19)(H,16,18);1H. The molecule has 0 aromatic rings. The van der Waals surface area contributed by atoms with Crippen LogP contribution in [-0.4, -0.2) is 30.4 Å². The van der Waals surface area contributed by atoms with E-state index in [4.69, 9.17) is 5.73 Å². The molecule has 0 aromatic heterocycles. The quantitative estimate of drug-likeness (QED) is 0.707. The second-order valence-electron chi connectivity index (χ2n) is 6.70. The molecule has 6 heteroatoms. The predicted octanol–water partition coefficient (Wildman–Crippen LogP) is 0.957. The molecule has 0 saturated carbocycles. The lowest BCUT2D eigenvalue weighted by molar-refractivity contribution is -0.127. The van der Waals surface area contributed by atoms with Gasteiger partial charge in [0.15, 0.2) is 0 Å². The van der Waals surface area contributed by atoms with Gasteiger partial charge in [-0.25, -0.2) is 0 Å². The Morgan fingerprint density at radius 2 is 1.80 bits per heavy atom. The largest absolute Gasteiger partial charge is 0.369 e. The van der Waals surface area contributed by atoms with Crippen molar-refractivity contribution in [2.45, 2.75) is 58.0 Å². The Morgan fingerprint density at radius 1 is 1.25 bits per heavy atom. The Kier molecular flexibility index (Phi) is 5.83. The van der Waals surface area contributed by atoms with Crippen molar-refractivity contribution in [3.8, 4) is 0 Å². The van der Waals surface area contributed by atoms with Crippen LogP contribution >= 0.6 is 12.4 Å². The van der Waals surface area contributed by atoms with Gasteiger partial charge in [-0.15, -0.1) is 12.4 Å². The van der Waals surface area contributed by atoms with Gasteiger partial charge in [-0.05, 0) is 45.4 Å². The molecule has 2 saturated heterocycles. The van der Waals surface area contributed by atoms with Gasteiger partial charge >= 0.3 is 0 Å². The van der Waals surface area contributed by atoms with Crippen LogP contribution in [0.15, 0.2) is 0 Å². The Balaban J connectivity index is 0.00000200. The predicted molar refractivity (Wildman–Crippen MR) is 80.5 cm³/mol. The van der Waals surface area contributed by atoms with Crippen LogP contribution < -0.4 is 16.4 Å². The lowest BCUT2D eigenvalue weighted by Crippen LogP contribution is -2.44. The molecule has 0 aliphatic carbocycles. The van der Waals surface area contributed by atoms with Crippen LogP contribution in [-0.2, 0) is 9.59 Å². The number of nitrogens with one attached hydrogen (secondary N) is 2. The first-order valence-electron chi connectivity index (χ1n) is 7.19. The minimum atomic E-state index is -0.678. The fourth-order valence-electron chi connectivity index (χ4n) is 3.08. The molecule has 116 valence electrons. The fraction of sp³-hybridized carbons (Fsp3) is 0.857. The number of fused-ring (bicyclic) bond motifs is 2. The third-order valence-corrected chi connectivity index (χ3v) is 4.44. The van der Waals surface area contributed by atoms with Crippen molar-refractivity contribution in [3.05, 3.63) is 0 Å². The highest BCUT2D eigenvalue weighted by Crippen LogP contribution is 2.32. The summed E-state index contributed by atoms with van der Waals surface area (Å²) in [5.41, 5.74) is 4.61. The van der Waals surface area contributed by atoms with Gasteiger partial charge in [0.25, 0.3) is 0 Å². The number of hydrogen-bond acceptors (Lipinski definition) is 3. The van der Waals surface area contributed by atoms with E-state index in [9.17, 15) is 9.59 Å². The summed E-state index contributed by atoms with van der Waals surface area (Å²) < 4.78 is 0. The van der Waals surface area contributed by atoms with Gasteiger partial charge in [-0.3, -0.25) is 9.59 Å². The van der Waals surface area contributed by atoms with E-state index in [0.717, 1.165) is 12.8 Å². The molecule has 2 rings (SSSR count). The van der Waals surface area contributed by atoms with Crippen molar-refractivity contribution in [1.29, 1.82) is 0 Å².